The molecule has 1 aromatic heterocycles. The number of nitrogens with zero attached hydrogens (tertiary/aromatic N) is 1. The van der Waals surface area contributed by atoms with E-state index in [1.807, 2.05) is 24.3 Å². The average Bonchev–Trinajstić information content (AvgIpc) is 2.72. The molecule has 0 aliphatic heterocycles. The van der Waals surface area contributed by atoms with E-state index in [1.54, 1.807) is 49.8 Å². The van der Waals surface area contributed by atoms with E-state index in [-0.39, 0.29) is 12.4 Å². The molecule has 0 spiro atoms. The highest BCUT2D eigenvalue weighted by molar-refractivity contribution is 9.10. The number of carbonyl (C=O) groups excluding carboxylic acids is 1. The molecule has 0 aliphatic rings. The molecule has 0 atom stereocenters. The summed E-state index contributed by atoms with van der Waals surface area (Å²) in [6.45, 7) is 0.281. The van der Waals surface area contributed by atoms with Gasteiger partial charge in [0.25, 0.3) is 0 Å². The summed E-state index contributed by atoms with van der Waals surface area (Å²) in [5.74, 6) is 1.17. The van der Waals surface area contributed by atoms with Crippen molar-refractivity contribution in [2.24, 2.45) is 0 Å². The van der Waals surface area contributed by atoms with E-state index < -0.39 is 0 Å². The van der Waals surface area contributed by atoms with Gasteiger partial charge in [-0.1, -0.05) is 39.7 Å². The number of hydrogen-bond donors (Lipinski definition) is 0. The maximum atomic E-state index is 12.2. The van der Waals surface area contributed by atoms with Crippen LogP contribution in [0.2, 0.25) is 5.02 Å². The molecular formula is C22H17BrClNO3. The van der Waals surface area contributed by atoms with Gasteiger partial charge in [-0.2, -0.15) is 0 Å². The predicted molar refractivity (Wildman–Crippen MR) is 114 cm³/mol. The lowest BCUT2D eigenvalue weighted by Gasteiger charge is -2.12. The number of aromatic nitrogens is 1. The molecule has 3 rings (SSSR count). The fourth-order valence-corrected chi connectivity index (χ4v) is 3.27. The number of carbonyl (C=O) groups is 1. The van der Waals surface area contributed by atoms with E-state index in [2.05, 4.69) is 20.9 Å². The Labute approximate surface area is 176 Å². The molecule has 0 aliphatic carbocycles. The molecule has 28 heavy (non-hydrogen) atoms. The maximum Gasteiger partial charge on any atom is 0.187 e. The van der Waals surface area contributed by atoms with Crippen LogP contribution in [0.1, 0.15) is 21.5 Å². The van der Waals surface area contributed by atoms with Crippen molar-refractivity contribution in [2.75, 3.05) is 7.11 Å². The lowest BCUT2D eigenvalue weighted by atomic mass is 10.1. The van der Waals surface area contributed by atoms with Crippen molar-refractivity contribution in [3.63, 3.8) is 0 Å². The van der Waals surface area contributed by atoms with E-state index in [1.165, 1.54) is 6.08 Å². The van der Waals surface area contributed by atoms with Gasteiger partial charge in [-0.15, -0.1) is 0 Å². The highest BCUT2D eigenvalue weighted by Gasteiger charge is 2.08. The van der Waals surface area contributed by atoms with Gasteiger partial charge in [0.05, 0.1) is 12.1 Å². The van der Waals surface area contributed by atoms with E-state index in [0.717, 1.165) is 15.6 Å². The van der Waals surface area contributed by atoms with Crippen LogP contribution in [0.15, 0.2) is 71.5 Å². The molecule has 0 radical (unpaired) electrons. The largest absolute Gasteiger partial charge is 0.496 e. The number of methoxy groups -OCH3 is 1. The second-order valence-corrected chi connectivity index (χ2v) is 7.20. The van der Waals surface area contributed by atoms with Gasteiger partial charge < -0.3 is 9.47 Å². The van der Waals surface area contributed by atoms with Gasteiger partial charge >= 0.3 is 0 Å². The summed E-state index contributed by atoms with van der Waals surface area (Å²) in [5.41, 5.74) is 2.25. The number of hydrogen-bond acceptors (Lipinski definition) is 4. The summed E-state index contributed by atoms with van der Waals surface area (Å²) in [7, 11) is 1.60. The third kappa shape index (κ3) is 5.21. The van der Waals surface area contributed by atoms with Gasteiger partial charge in [-0.25, -0.2) is 0 Å². The summed E-state index contributed by atoms with van der Waals surface area (Å²) >= 11 is 9.57. The molecule has 2 aromatic carbocycles. The second kappa shape index (κ2) is 9.53. The van der Waals surface area contributed by atoms with Gasteiger partial charge in [0.1, 0.15) is 18.1 Å². The van der Waals surface area contributed by atoms with Gasteiger partial charge in [0.15, 0.2) is 5.78 Å². The Bertz CT molecular complexity index is 1010. The highest BCUT2D eigenvalue weighted by Crippen LogP contribution is 2.30. The van der Waals surface area contributed by atoms with Crippen LogP contribution >= 0.6 is 27.5 Å². The SMILES string of the molecule is COc1ccc(/C=C/C(=O)c2cccnc2)cc1COc1ccc(Br)cc1Cl. The number of pyridine rings is 1. The monoisotopic (exact) mass is 457 g/mol. The molecule has 4 nitrogen and oxygen atoms in total. The second-order valence-electron chi connectivity index (χ2n) is 5.87. The van der Waals surface area contributed by atoms with Gasteiger partial charge in [-0.05, 0) is 54.1 Å². The molecule has 142 valence electrons. The predicted octanol–water partition coefficient (Wildman–Crippen LogP) is 5.98. The molecule has 0 N–H and O–H groups in total. The van der Waals surface area contributed by atoms with Crippen LogP contribution in [0.5, 0.6) is 11.5 Å². The number of benzene rings is 2. The fourth-order valence-electron chi connectivity index (χ4n) is 2.54. The first-order chi connectivity index (χ1) is 13.6. The average molecular weight is 459 g/mol. The Morgan fingerprint density at radius 3 is 2.71 bits per heavy atom. The normalized spacial score (nSPS) is 10.8. The molecule has 0 fully saturated rings. The van der Waals surface area contributed by atoms with Crippen molar-refractivity contribution in [3.05, 3.63) is 93.2 Å². The highest BCUT2D eigenvalue weighted by atomic mass is 79.9. The molecule has 0 saturated heterocycles. The summed E-state index contributed by atoms with van der Waals surface area (Å²) < 4.78 is 12.1. The standard InChI is InChI=1S/C22H17BrClNO3/c1-27-21-8-5-15(4-7-20(26)16-3-2-10-25-13-16)11-17(21)14-28-22-9-6-18(23)12-19(22)24/h2-13H,14H2,1H3/b7-4+. The molecule has 3 aromatic rings. The van der Waals surface area contributed by atoms with E-state index in [9.17, 15) is 4.79 Å². The van der Waals surface area contributed by atoms with Gasteiger partial charge in [0.2, 0.25) is 0 Å². The Balaban J connectivity index is 1.76. The third-order valence-electron chi connectivity index (χ3n) is 3.95. The first-order valence-corrected chi connectivity index (χ1v) is 9.61. The van der Waals surface area contributed by atoms with Crippen molar-refractivity contribution >= 4 is 39.4 Å². The molecule has 0 bridgehead atoms. The zero-order valence-electron chi connectivity index (χ0n) is 15.1. The number of ether oxygens (including phenoxy) is 2. The molecule has 1 heterocycles. The lowest BCUT2D eigenvalue weighted by molar-refractivity contribution is 0.104. The minimum atomic E-state index is -0.108. The molecule has 0 amide bonds. The Hall–Kier alpha value is -2.63. The number of allylic oxidation sites excluding steroid dienone is 1. The summed E-state index contributed by atoms with van der Waals surface area (Å²) in [6, 6.07) is 14.5. The number of halogens is 2. The molecule has 0 saturated carbocycles. The quantitative estimate of drug-likeness (QED) is 0.323. The van der Waals surface area contributed by atoms with Crippen molar-refractivity contribution in [2.45, 2.75) is 6.61 Å². The van der Waals surface area contributed by atoms with Crippen molar-refractivity contribution in [1.29, 1.82) is 0 Å². The van der Waals surface area contributed by atoms with Crippen LogP contribution < -0.4 is 9.47 Å². The van der Waals surface area contributed by atoms with Crippen molar-refractivity contribution < 1.29 is 14.3 Å². The lowest BCUT2D eigenvalue weighted by Crippen LogP contribution is -2.00. The van der Waals surface area contributed by atoms with E-state index in [4.69, 9.17) is 21.1 Å². The first-order valence-electron chi connectivity index (χ1n) is 8.44. The van der Waals surface area contributed by atoms with Crippen LogP contribution in [0.25, 0.3) is 6.08 Å². The van der Waals surface area contributed by atoms with Crippen LogP contribution in [0.4, 0.5) is 0 Å². The third-order valence-corrected chi connectivity index (χ3v) is 4.74. The van der Waals surface area contributed by atoms with Crippen LogP contribution in [-0.4, -0.2) is 17.9 Å². The minimum absolute atomic E-state index is 0.108. The molecule has 0 unspecified atom stereocenters. The van der Waals surface area contributed by atoms with Crippen LogP contribution in [0.3, 0.4) is 0 Å². The molecular weight excluding hydrogens is 442 g/mol. The van der Waals surface area contributed by atoms with Crippen LogP contribution in [0, 0.1) is 0 Å². The smallest absolute Gasteiger partial charge is 0.187 e. The van der Waals surface area contributed by atoms with E-state index >= 15 is 0 Å². The molecule has 6 heteroatoms. The summed E-state index contributed by atoms with van der Waals surface area (Å²) in [4.78, 5) is 16.2. The zero-order chi connectivity index (χ0) is 19.9. The number of ketones is 1. The van der Waals surface area contributed by atoms with Gasteiger partial charge in [0, 0.05) is 28.0 Å². The van der Waals surface area contributed by atoms with Crippen LogP contribution in [-0.2, 0) is 6.61 Å². The van der Waals surface area contributed by atoms with Crippen molar-refractivity contribution in [3.8, 4) is 11.5 Å². The summed E-state index contributed by atoms with van der Waals surface area (Å²) in [5, 5.41) is 0.520. The Morgan fingerprint density at radius 1 is 1.18 bits per heavy atom. The summed E-state index contributed by atoms with van der Waals surface area (Å²) in [6.07, 6.45) is 6.45. The maximum absolute atomic E-state index is 12.2. The Morgan fingerprint density at radius 2 is 2.00 bits per heavy atom. The first kappa shape index (κ1) is 20.1. The minimum Gasteiger partial charge on any atom is -0.496 e. The van der Waals surface area contributed by atoms with Gasteiger partial charge in [-0.3, -0.25) is 9.78 Å². The fraction of sp³-hybridized carbons (Fsp3) is 0.0909. The number of rotatable bonds is 7. The van der Waals surface area contributed by atoms with E-state index in [0.29, 0.717) is 22.1 Å². The zero-order valence-corrected chi connectivity index (χ0v) is 17.4. The topological polar surface area (TPSA) is 48.4 Å². The Kier molecular flexibility index (Phi) is 6.85. The van der Waals surface area contributed by atoms with Crippen molar-refractivity contribution in [1.82, 2.24) is 4.98 Å².